The lowest BCUT2D eigenvalue weighted by Crippen LogP contribution is -2.45. The summed E-state index contributed by atoms with van der Waals surface area (Å²) in [5.74, 6) is -0.0994. The minimum absolute atomic E-state index is 0.0143. The molecule has 48 heavy (non-hydrogen) atoms. The van der Waals surface area contributed by atoms with E-state index in [1.807, 2.05) is 18.0 Å². The number of nitrogens with two attached hydrogens (primary N) is 1. The Hall–Kier alpha value is -3.83. The van der Waals surface area contributed by atoms with E-state index in [4.69, 9.17) is 27.1 Å². The van der Waals surface area contributed by atoms with Crippen molar-refractivity contribution < 1.29 is 18.3 Å². The number of likely N-dealkylation sites (N-methyl/N-ethyl adjacent to an activating group) is 1. The number of piperidine rings is 1. The van der Waals surface area contributed by atoms with E-state index in [1.165, 1.54) is 25.0 Å². The first-order chi connectivity index (χ1) is 23.2. The lowest BCUT2D eigenvalue weighted by atomic mass is 9.97. The number of benzene rings is 2. The van der Waals surface area contributed by atoms with Gasteiger partial charge in [0.2, 0.25) is 5.91 Å². The van der Waals surface area contributed by atoms with Gasteiger partial charge in [-0.15, -0.1) is 11.3 Å². The number of hydrogen-bond acceptors (Lipinski definition) is 10. The maximum atomic E-state index is 16.8. The highest BCUT2D eigenvalue weighted by molar-refractivity contribution is 7.23. The average Bonchev–Trinajstić information content (AvgIpc) is 3.99. The highest BCUT2D eigenvalue weighted by atomic mass is 35.5. The predicted octanol–water partition coefficient (Wildman–Crippen LogP) is 5.52. The van der Waals surface area contributed by atoms with Crippen molar-refractivity contribution in [2.45, 2.75) is 62.7 Å². The van der Waals surface area contributed by atoms with E-state index in [-0.39, 0.29) is 72.4 Å². The quantitative estimate of drug-likeness (QED) is 0.203. The standard InChI is InChI=1S/C34H35ClF2N8O2S/c1-44-10-2-3-18(44)15-47-34-42-28-20(32(43-34)40-17-8-11-45(12-9-17)33(46)29-27(41-29)16-4-5-16)13-22(35)25(26(28)37)19-6-7-23(36)30-24(19)21(14-38)31(39)48-30/h6-7,13,16-18,27,29,41H,2-5,8-12,15,39H2,1H3,(H,40,42,43)/t18-,27-,29-/m0/s1. The number of nitrogens with one attached hydrogen (secondary N) is 2. The van der Waals surface area contributed by atoms with E-state index in [0.29, 0.717) is 55.7 Å². The minimum Gasteiger partial charge on any atom is -0.462 e. The molecule has 1 amide bonds. The van der Waals surface area contributed by atoms with Crippen LogP contribution in [0.4, 0.5) is 19.6 Å². The zero-order chi connectivity index (χ0) is 33.3. The number of ether oxygens (including phenoxy) is 1. The van der Waals surface area contributed by atoms with Crippen LogP contribution in [0.1, 0.15) is 44.1 Å². The third-order valence-corrected chi connectivity index (χ3v) is 11.6. The molecule has 4 N–H and O–H groups in total. The largest absolute Gasteiger partial charge is 0.462 e. The van der Waals surface area contributed by atoms with Crippen molar-refractivity contribution in [1.29, 1.82) is 5.26 Å². The van der Waals surface area contributed by atoms with Crippen LogP contribution in [0.25, 0.3) is 32.1 Å². The number of anilines is 2. The van der Waals surface area contributed by atoms with E-state index in [0.717, 1.165) is 30.7 Å². The van der Waals surface area contributed by atoms with Crippen molar-refractivity contribution in [2.24, 2.45) is 5.92 Å². The number of nitrogens with zero attached hydrogens (tertiary/aromatic N) is 5. The number of amides is 1. The number of thiophene rings is 1. The van der Waals surface area contributed by atoms with Gasteiger partial charge >= 0.3 is 6.01 Å². The molecule has 250 valence electrons. The summed E-state index contributed by atoms with van der Waals surface area (Å²) in [6.07, 6.45) is 5.83. The fourth-order valence-corrected chi connectivity index (χ4v) is 8.58. The Balaban J connectivity index is 1.13. The Bertz CT molecular complexity index is 1990. The summed E-state index contributed by atoms with van der Waals surface area (Å²) in [7, 11) is 2.04. The van der Waals surface area contributed by atoms with Gasteiger partial charge in [-0.1, -0.05) is 17.7 Å². The molecule has 3 aliphatic heterocycles. The van der Waals surface area contributed by atoms with Crippen molar-refractivity contribution in [3.05, 3.63) is 40.4 Å². The molecule has 4 aromatic rings. The molecule has 14 heteroatoms. The minimum atomic E-state index is -0.741. The van der Waals surface area contributed by atoms with Crippen LogP contribution < -0.4 is 21.1 Å². The maximum Gasteiger partial charge on any atom is 0.319 e. The van der Waals surface area contributed by atoms with Gasteiger partial charge in [-0.05, 0) is 75.7 Å². The SMILES string of the molecule is CN1CCC[C@H]1COc1nc(NC2CCN(C(=O)[C@H]3N[C@H]3C3CC3)CC2)c2cc(Cl)c(-c3ccc(F)c4sc(N)c(C#N)c34)c(F)c2n1. The first-order valence-electron chi connectivity index (χ1n) is 16.5. The summed E-state index contributed by atoms with van der Waals surface area (Å²) in [6.45, 7) is 2.53. The topological polar surface area (TPSA) is 142 Å². The Morgan fingerprint density at radius 3 is 2.71 bits per heavy atom. The molecule has 10 nitrogen and oxygen atoms in total. The van der Waals surface area contributed by atoms with Crippen molar-refractivity contribution >= 4 is 60.7 Å². The van der Waals surface area contributed by atoms with Gasteiger partial charge in [-0.25, -0.2) is 8.78 Å². The zero-order valence-corrected chi connectivity index (χ0v) is 27.9. The molecule has 8 rings (SSSR count). The van der Waals surface area contributed by atoms with Gasteiger partial charge in [0.15, 0.2) is 5.82 Å². The monoisotopic (exact) mass is 692 g/mol. The Kier molecular flexibility index (Phi) is 8.02. The lowest BCUT2D eigenvalue weighted by molar-refractivity contribution is -0.131. The molecular formula is C34H35ClF2N8O2S. The van der Waals surface area contributed by atoms with Crippen molar-refractivity contribution in [3.8, 4) is 23.2 Å². The number of carbonyl (C=O) groups excluding carboxylic acids is 1. The fraction of sp³-hybridized carbons (Fsp3) is 0.471. The van der Waals surface area contributed by atoms with Gasteiger partial charge in [0.05, 0.1) is 15.3 Å². The van der Waals surface area contributed by atoms with E-state index in [1.54, 1.807) is 6.07 Å². The molecule has 3 saturated heterocycles. The predicted molar refractivity (Wildman–Crippen MR) is 182 cm³/mol. The van der Waals surface area contributed by atoms with Gasteiger partial charge in [-0.3, -0.25) is 10.1 Å². The first-order valence-corrected chi connectivity index (χ1v) is 17.7. The number of aromatic nitrogens is 2. The van der Waals surface area contributed by atoms with Gasteiger partial charge < -0.3 is 25.6 Å². The smallest absolute Gasteiger partial charge is 0.319 e. The van der Waals surface area contributed by atoms with E-state index >= 15 is 4.39 Å². The third kappa shape index (κ3) is 5.58. The number of fused-ring (bicyclic) bond motifs is 2. The van der Waals surface area contributed by atoms with Crippen LogP contribution >= 0.6 is 22.9 Å². The second kappa shape index (κ2) is 12.2. The van der Waals surface area contributed by atoms with Crippen LogP contribution in [-0.4, -0.2) is 83.1 Å². The Morgan fingerprint density at radius 1 is 1.21 bits per heavy atom. The zero-order valence-electron chi connectivity index (χ0n) is 26.4. The average molecular weight is 693 g/mol. The van der Waals surface area contributed by atoms with Gasteiger partial charge in [0.25, 0.3) is 0 Å². The normalized spacial score (nSPS) is 23.1. The molecule has 0 radical (unpaired) electrons. The van der Waals surface area contributed by atoms with Crippen molar-refractivity contribution in [3.63, 3.8) is 0 Å². The Labute approximate surface area is 285 Å². The molecule has 4 aliphatic rings. The summed E-state index contributed by atoms with van der Waals surface area (Å²) < 4.78 is 37.9. The van der Waals surface area contributed by atoms with Gasteiger partial charge in [-0.2, -0.15) is 15.2 Å². The number of nitrogen functional groups attached to an aromatic ring is 1. The van der Waals surface area contributed by atoms with Crippen LogP contribution in [0.3, 0.4) is 0 Å². The molecule has 1 saturated carbocycles. The highest BCUT2D eigenvalue weighted by Gasteiger charge is 2.52. The van der Waals surface area contributed by atoms with Crippen LogP contribution in [-0.2, 0) is 4.79 Å². The summed E-state index contributed by atoms with van der Waals surface area (Å²) in [5.41, 5.74) is 6.35. The van der Waals surface area contributed by atoms with E-state index < -0.39 is 11.6 Å². The Morgan fingerprint density at radius 2 is 2.00 bits per heavy atom. The fourth-order valence-electron chi connectivity index (χ4n) is 7.34. The summed E-state index contributed by atoms with van der Waals surface area (Å²) in [6, 6.07) is 6.73. The molecule has 1 aliphatic carbocycles. The summed E-state index contributed by atoms with van der Waals surface area (Å²) >= 11 is 7.75. The molecule has 0 bridgehead atoms. The number of rotatable bonds is 8. The molecule has 5 heterocycles. The number of halogens is 3. The molecule has 0 spiro atoms. The number of carbonyl (C=O) groups is 1. The van der Waals surface area contributed by atoms with Gasteiger partial charge in [0, 0.05) is 47.6 Å². The lowest BCUT2D eigenvalue weighted by Gasteiger charge is -2.33. The van der Waals surface area contributed by atoms with Crippen molar-refractivity contribution in [1.82, 2.24) is 25.1 Å². The van der Waals surface area contributed by atoms with E-state index in [9.17, 15) is 14.4 Å². The van der Waals surface area contributed by atoms with Crippen molar-refractivity contribution in [2.75, 3.05) is 44.3 Å². The third-order valence-electron chi connectivity index (χ3n) is 10.3. The molecule has 3 atom stereocenters. The second-order valence-electron chi connectivity index (χ2n) is 13.4. The molecule has 2 aromatic carbocycles. The van der Waals surface area contributed by atoms with Crippen LogP contribution in [0.5, 0.6) is 6.01 Å². The number of likely N-dealkylation sites (tertiary alicyclic amines) is 2. The van der Waals surface area contributed by atoms with Crippen LogP contribution in [0.2, 0.25) is 5.02 Å². The molecule has 2 aromatic heterocycles. The maximum absolute atomic E-state index is 16.8. The van der Waals surface area contributed by atoms with Gasteiger partial charge in [0.1, 0.15) is 40.9 Å². The second-order valence-corrected chi connectivity index (χ2v) is 14.8. The van der Waals surface area contributed by atoms with Crippen LogP contribution in [0, 0.1) is 28.9 Å². The summed E-state index contributed by atoms with van der Waals surface area (Å²) in [4.78, 5) is 26.4. The molecular weight excluding hydrogens is 658 g/mol. The first kappa shape index (κ1) is 31.4. The number of hydrogen-bond donors (Lipinski definition) is 3. The van der Waals surface area contributed by atoms with E-state index in [2.05, 4.69) is 20.5 Å². The summed E-state index contributed by atoms with van der Waals surface area (Å²) in [5, 5.41) is 17.5. The molecule has 0 unspecified atom stereocenters. The highest BCUT2D eigenvalue weighted by Crippen LogP contribution is 2.46. The number of nitriles is 1. The van der Waals surface area contributed by atoms with Crippen LogP contribution in [0.15, 0.2) is 18.2 Å². The molecule has 4 fully saturated rings.